The second-order valence-electron chi connectivity index (χ2n) is 6.65. The highest BCUT2D eigenvalue weighted by Crippen LogP contribution is 2.28. The maximum absolute atomic E-state index is 4.49. The summed E-state index contributed by atoms with van der Waals surface area (Å²) >= 11 is 1.75. The Morgan fingerprint density at radius 1 is 0.857 bits per heavy atom. The van der Waals surface area contributed by atoms with Crippen LogP contribution in [-0.2, 0) is 6.42 Å². The predicted molar refractivity (Wildman–Crippen MR) is 115 cm³/mol. The molecule has 0 N–H and O–H groups in total. The summed E-state index contributed by atoms with van der Waals surface area (Å²) in [4.78, 5) is 4.12. The normalized spacial score (nSPS) is 10.9. The van der Waals surface area contributed by atoms with Crippen LogP contribution in [0.4, 0.5) is 0 Å². The Hall–Kier alpha value is -2.92. The molecule has 2 aromatic heterocycles. The van der Waals surface area contributed by atoms with Crippen molar-refractivity contribution in [1.29, 1.82) is 0 Å². The fourth-order valence-electron chi connectivity index (χ4n) is 3.06. The van der Waals surface area contributed by atoms with Crippen molar-refractivity contribution in [2.75, 3.05) is 5.75 Å². The summed E-state index contributed by atoms with van der Waals surface area (Å²) in [6, 6.07) is 23.0. The molecule has 0 aliphatic heterocycles. The van der Waals surface area contributed by atoms with Crippen molar-refractivity contribution >= 4 is 11.8 Å². The molecule has 0 amide bonds. The molecule has 140 valence electrons. The molecule has 4 aromatic rings. The highest BCUT2D eigenvalue weighted by atomic mass is 32.2. The van der Waals surface area contributed by atoms with Gasteiger partial charge in [0.1, 0.15) is 0 Å². The van der Waals surface area contributed by atoms with Crippen LogP contribution >= 0.6 is 11.8 Å². The van der Waals surface area contributed by atoms with E-state index in [9.17, 15) is 0 Å². The molecular formula is C23H22N4S. The molecule has 5 heteroatoms. The topological polar surface area (TPSA) is 43.6 Å². The second-order valence-corrected chi connectivity index (χ2v) is 7.71. The minimum absolute atomic E-state index is 0.844. The number of nitrogens with zero attached hydrogens (tertiary/aromatic N) is 4. The van der Waals surface area contributed by atoms with E-state index in [-0.39, 0.29) is 0 Å². The molecule has 0 unspecified atom stereocenters. The predicted octanol–water partition coefficient (Wildman–Crippen LogP) is 5.36. The van der Waals surface area contributed by atoms with Crippen molar-refractivity contribution in [2.45, 2.75) is 24.9 Å². The van der Waals surface area contributed by atoms with E-state index in [0.717, 1.165) is 40.8 Å². The fraction of sp³-hybridized carbons (Fsp3) is 0.174. The molecule has 0 spiro atoms. The zero-order chi connectivity index (χ0) is 19.2. The third-order valence-electron chi connectivity index (χ3n) is 4.55. The fourth-order valence-corrected chi connectivity index (χ4v) is 3.95. The van der Waals surface area contributed by atoms with Gasteiger partial charge in [0.25, 0.3) is 0 Å². The molecule has 4 rings (SSSR count). The van der Waals surface area contributed by atoms with Crippen LogP contribution in [0.1, 0.15) is 17.5 Å². The highest BCUT2D eigenvalue weighted by Gasteiger charge is 2.16. The maximum atomic E-state index is 4.49. The Kier molecular flexibility index (Phi) is 5.83. The molecule has 0 saturated carbocycles. The Balaban J connectivity index is 1.56. The van der Waals surface area contributed by atoms with Crippen LogP contribution in [0.15, 0.2) is 84.3 Å². The molecule has 0 bridgehead atoms. The first-order valence-corrected chi connectivity index (χ1v) is 10.4. The maximum Gasteiger partial charge on any atom is 0.196 e. The molecule has 0 saturated heterocycles. The molecule has 0 fully saturated rings. The van der Waals surface area contributed by atoms with Gasteiger partial charge >= 0.3 is 0 Å². The van der Waals surface area contributed by atoms with E-state index in [0.29, 0.717) is 0 Å². The van der Waals surface area contributed by atoms with Crippen LogP contribution in [0.5, 0.6) is 0 Å². The van der Waals surface area contributed by atoms with Crippen molar-refractivity contribution < 1.29 is 0 Å². The minimum atomic E-state index is 0.844. The third kappa shape index (κ3) is 4.31. The summed E-state index contributed by atoms with van der Waals surface area (Å²) in [5.41, 5.74) is 4.70. The largest absolute Gasteiger partial charge is 0.270 e. The summed E-state index contributed by atoms with van der Waals surface area (Å²) in [6.07, 6.45) is 5.75. The molecule has 0 aliphatic rings. The van der Waals surface area contributed by atoms with Crippen LogP contribution in [0.3, 0.4) is 0 Å². The van der Waals surface area contributed by atoms with Gasteiger partial charge in [0.05, 0.1) is 0 Å². The summed E-state index contributed by atoms with van der Waals surface area (Å²) in [5.74, 6) is 1.84. The lowest BCUT2D eigenvalue weighted by Gasteiger charge is -2.10. The van der Waals surface area contributed by atoms with E-state index in [1.54, 1.807) is 24.2 Å². The van der Waals surface area contributed by atoms with Crippen LogP contribution in [0, 0.1) is 6.92 Å². The highest BCUT2D eigenvalue weighted by molar-refractivity contribution is 7.99. The number of rotatable bonds is 7. The Morgan fingerprint density at radius 2 is 1.61 bits per heavy atom. The van der Waals surface area contributed by atoms with Gasteiger partial charge in [-0.1, -0.05) is 59.8 Å². The average Bonchev–Trinajstić information content (AvgIpc) is 3.17. The van der Waals surface area contributed by atoms with Crippen LogP contribution in [-0.4, -0.2) is 25.5 Å². The lowest BCUT2D eigenvalue weighted by atomic mass is 10.1. The van der Waals surface area contributed by atoms with Crippen LogP contribution in [0.2, 0.25) is 0 Å². The minimum Gasteiger partial charge on any atom is -0.270 e. The molecule has 0 aliphatic carbocycles. The number of pyridine rings is 1. The summed E-state index contributed by atoms with van der Waals surface area (Å²) in [5, 5.41) is 9.90. The first-order chi connectivity index (χ1) is 13.8. The van der Waals surface area contributed by atoms with Crippen LogP contribution < -0.4 is 0 Å². The standard InChI is InChI=1S/C23H22N4S/c1-18-9-11-21(12-10-18)27-22(20-13-15-24-16-14-20)25-26-23(27)28-17-5-8-19-6-3-2-4-7-19/h2-4,6-7,9-16H,5,8,17H2,1H3. The van der Waals surface area contributed by atoms with Gasteiger partial charge in [0.2, 0.25) is 0 Å². The zero-order valence-electron chi connectivity index (χ0n) is 15.8. The molecule has 28 heavy (non-hydrogen) atoms. The van der Waals surface area contributed by atoms with Crippen LogP contribution in [0.25, 0.3) is 17.1 Å². The first kappa shape index (κ1) is 18.4. The van der Waals surface area contributed by atoms with Gasteiger partial charge in [-0.3, -0.25) is 9.55 Å². The molecule has 4 nitrogen and oxygen atoms in total. The van der Waals surface area contributed by atoms with E-state index in [1.165, 1.54) is 11.1 Å². The molecule has 2 heterocycles. The quantitative estimate of drug-likeness (QED) is 0.317. The summed E-state index contributed by atoms with van der Waals surface area (Å²) in [6.45, 7) is 2.10. The van der Waals surface area contributed by atoms with Crippen molar-refractivity contribution in [3.63, 3.8) is 0 Å². The molecule has 0 atom stereocenters. The first-order valence-electron chi connectivity index (χ1n) is 9.41. The van der Waals surface area contributed by atoms with E-state index in [1.807, 2.05) is 12.1 Å². The smallest absolute Gasteiger partial charge is 0.196 e. The second kappa shape index (κ2) is 8.85. The summed E-state index contributed by atoms with van der Waals surface area (Å²) < 4.78 is 2.14. The summed E-state index contributed by atoms with van der Waals surface area (Å²) in [7, 11) is 0. The molecular weight excluding hydrogens is 364 g/mol. The van der Waals surface area contributed by atoms with Gasteiger partial charge in [-0.25, -0.2) is 0 Å². The number of thioether (sulfide) groups is 1. The molecule has 0 radical (unpaired) electrons. The van der Waals surface area contributed by atoms with Gasteiger partial charge in [0, 0.05) is 29.4 Å². The number of aromatic nitrogens is 4. The van der Waals surface area contributed by atoms with E-state index < -0.39 is 0 Å². The van der Waals surface area contributed by atoms with Gasteiger partial charge in [0.15, 0.2) is 11.0 Å². The SMILES string of the molecule is Cc1ccc(-n2c(SCCCc3ccccc3)nnc2-c2ccncc2)cc1. The zero-order valence-corrected chi connectivity index (χ0v) is 16.6. The molecule has 2 aromatic carbocycles. The van der Waals surface area contributed by atoms with Crippen molar-refractivity contribution in [3.8, 4) is 17.1 Å². The van der Waals surface area contributed by atoms with Gasteiger partial charge in [-0.2, -0.15) is 0 Å². The number of hydrogen-bond acceptors (Lipinski definition) is 4. The number of hydrogen-bond donors (Lipinski definition) is 0. The van der Waals surface area contributed by atoms with E-state index in [4.69, 9.17) is 0 Å². The monoisotopic (exact) mass is 386 g/mol. The average molecular weight is 387 g/mol. The third-order valence-corrected chi connectivity index (χ3v) is 5.56. The van der Waals surface area contributed by atoms with Crippen molar-refractivity contribution in [1.82, 2.24) is 19.7 Å². The van der Waals surface area contributed by atoms with Gasteiger partial charge in [-0.05, 0) is 49.6 Å². The van der Waals surface area contributed by atoms with E-state index in [2.05, 4.69) is 81.3 Å². The Morgan fingerprint density at radius 3 is 2.36 bits per heavy atom. The number of benzene rings is 2. The Labute approximate surface area is 169 Å². The number of aryl methyl sites for hydroxylation is 2. The van der Waals surface area contributed by atoms with Gasteiger partial charge < -0.3 is 0 Å². The lowest BCUT2D eigenvalue weighted by Crippen LogP contribution is -2.00. The van der Waals surface area contributed by atoms with E-state index >= 15 is 0 Å². The lowest BCUT2D eigenvalue weighted by molar-refractivity contribution is 0.875. The van der Waals surface area contributed by atoms with Crippen molar-refractivity contribution in [2.24, 2.45) is 0 Å². The Bertz CT molecular complexity index is 1010. The van der Waals surface area contributed by atoms with Crippen molar-refractivity contribution in [3.05, 3.63) is 90.3 Å². The van der Waals surface area contributed by atoms with Gasteiger partial charge in [-0.15, -0.1) is 10.2 Å².